The summed E-state index contributed by atoms with van der Waals surface area (Å²) in [5, 5.41) is 23.0. The highest BCUT2D eigenvalue weighted by atomic mass is 16.3. The normalized spacial score (nSPS) is 10.8. The van der Waals surface area contributed by atoms with Crippen molar-refractivity contribution in [2.24, 2.45) is 0 Å². The number of hydrogen-bond acceptors (Lipinski definition) is 9. The molecular weight excluding hydrogens is 761 g/mol. The fourth-order valence-electron chi connectivity index (χ4n) is 5.97. The van der Waals surface area contributed by atoms with Gasteiger partial charge in [0.25, 0.3) is 11.8 Å². The summed E-state index contributed by atoms with van der Waals surface area (Å²) >= 11 is 0. The fraction of sp³-hybridized carbons (Fsp3) is 0.191. The Labute approximate surface area is 345 Å². The maximum Gasteiger partial charge on any atom is 0.292 e. The number of anilines is 2. The molecule has 0 saturated carbocycles. The average molecular weight is 807 g/mol. The van der Waals surface area contributed by atoms with Crippen LogP contribution in [-0.4, -0.2) is 42.6 Å². The molecule has 13 nitrogen and oxygen atoms in total. The molecule has 0 saturated heterocycles. The van der Waals surface area contributed by atoms with Crippen LogP contribution in [0.15, 0.2) is 140 Å². The zero-order chi connectivity index (χ0) is 42.9. The van der Waals surface area contributed by atoms with Crippen LogP contribution in [0.25, 0.3) is 21.9 Å². The number of carbonyl (C=O) groups excluding carboxylic acids is 2. The Kier molecular flexibility index (Phi) is 13.3. The lowest BCUT2D eigenvalue weighted by molar-refractivity contribution is 0.0989. The van der Waals surface area contributed by atoms with Crippen molar-refractivity contribution in [1.82, 2.24) is 19.6 Å². The van der Waals surface area contributed by atoms with Crippen LogP contribution in [0, 0.1) is 27.7 Å². The number of carbonyl (C=O) groups is 2. The summed E-state index contributed by atoms with van der Waals surface area (Å²) in [5.41, 5.74) is 6.68. The van der Waals surface area contributed by atoms with Crippen molar-refractivity contribution in [3.8, 4) is 0 Å². The molecule has 60 heavy (non-hydrogen) atoms. The lowest BCUT2D eigenvalue weighted by atomic mass is 10.1. The molecule has 0 atom stereocenters. The Balaban J connectivity index is 0.000000185. The van der Waals surface area contributed by atoms with E-state index >= 15 is 0 Å². The zero-order valence-electron chi connectivity index (χ0n) is 34.2. The van der Waals surface area contributed by atoms with E-state index in [0.29, 0.717) is 46.7 Å². The largest absolute Gasteiger partial charge is 0.451 e. The number of amides is 2. The summed E-state index contributed by atoms with van der Waals surface area (Å²) in [4.78, 5) is 49.9. The highest BCUT2D eigenvalue weighted by Gasteiger charge is 2.17. The van der Waals surface area contributed by atoms with Gasteiger partial charge in [0.15, 0.2) is 22.4 Å². The molecule has 13 heteroatoms. The van der Waals surface area contributed by atoms with Gasteiger partial charge in [-0.25, -0.2) is 9.36 Å². The van der Waals surface area contributed by atoms with Gasteiger partial charge >= 0.3 is 0 Å². The summed E-state index contributed by atoms with van der Waals surface area (Å²) in [5.74, 6) is -0.00942. The predicted molar refractivity (Wildman–Crippen MR) is 233 cm³/mol. The quantitative estimate of drug-likeness (QED) is 0.137. The van der Waals surface area contributed by atoms with Crippen LogP contribution in [0.3, 0.4) is 0 Å². The van der Waals surface area contributed by atoms with Gasteiger partial charge in [0.2, 0.25) is 0 Å². The number of aromatic nitrogens is 4. The molecule has 0 bridgehead atoms. The first kappa shape index (κ1) is 42.2. The Bertz CT molecular complexity index is 2690. The Hall–Kier alpha value is -7.38. The number of aryl methyl sites for hydroxylation is 4. The number of benzene rings is 4. The lowest BCUT2D eigenvalue weighted by Gasteiger charge is -2.09. The van der Waals surface area contributed by atoms with Gasteiger partial charge in [-0.2, -0.15) is 10.2 Å². The van der Waals surface area contributed by atoms with Crippen molar-refractivity contribution in [3.63, 3.8) is 0 Å². The maximum atomic E-state index is 12.7. The van der Waals surface area contributed by atoms with E-state index in [4.69, 9.17) is 13.9 Å². The summed E-state index contributed by atoms with van der Waals surface area (Å²) in [7, 11) is 0. The molecule has 0 spiro atoms. The highest BCUT2D eigenvalue weighted by Crippen LogP contribution is 2.19. The van der Waals surface area contributed by atoms with Crippen LogP contribution in [-0.2, 0) is 13.1 Å². The topological polar surface area (TPSA) is 174 Å². The maximum absolute atomic E-state index is 12.7. The molecular formula is C47H46N6O7. The minimum atomic E-state index is -0.494. The van der Waals surface area contributed by atoms with Crippen molar-refractivity contribution in [2.45, 2.75) is 60.7 Å². The zero-order valence-corrected chi connectivity index (χ0v) is 34.2. The first-order chi connectivity index (χ1) is 28.7. The number of hydrogen-bond donors (Lipinski definition) is 3. The number of aliphatic hydroxyl groups excluding tert-OH is 1. The number of nitrogens with zero attached hydrogens (tertiary/aromatic N) is 4. The standard InChI is InChI=1S/2C22H19N3O3.C3H8O/c2*1-14-3-6-16(7-4-14)13-25-21(9-10-23-25)24-22(27)20-12-18(26)17-8-5-15(2)11-19(17)28-20;1-3(2)4/h2*3-12H,13H2,1-2H3,(H,24,27);3-4H,1-2H3. The molecule has 2 amide bonds. The number of fused-ring (bicyclic) bond motifs is 2. The van der Waals surface area contributed by atoms with E-state index < -0.39 is 11.8 Å². The van der Waals surface area contributed by atoms with Gasteiger partial charge in [0.1, 0.15) is 22.8 Å². The molecule has 306 valence electrons. The van der Waals surface area contributed by atoms with Gasteiger partial charge in [0, 0.05) is 30.4 Å². The van der Waals surface area contributed by atoms with Gasteiger partial charge < -0.3 is 24.6 Å². The molecule has 4 aromatic heterocycles. The molecule has 8 rings (SSSR count). The third kappa shape index (κ3) is 11.0. The third-order valence-corrected chi connectivity index (χ3v) is 9.04. The summed E-state index contributed by atoms with van der Waals surface area (Å²) in [6.45, 7) is 12.3. The summed E-state index contributed by atoms with van der Waals surface area (Å²) in [6, 6.07) is 32.6. The van der Waals surface area contributed by atoms with Crippen LogP contribution in [0.5, 0.6) is 0 Å². The molecule has 4 aromatic carbocycles. The Morgan fingerprint density at radius 3 is 1.28 bits per heavy atom. The van der Waals surface area contributed by atoms with Gasteiger partial charge in [-0.1, -0.05) is 71.8 Å². The van der Waals surface area contributed by atoms with E-state index in [1.54, 1.807) is 72.0 Å². The van der Waals surface area contributed by atoms with Gasteiger partial charge in [0.05, 0.1) is 36.3 Å². The second kappa shape index (κ2) is 18.9. The van der Waals surface area contributed by atoms with Crippen LogP contribution < -0.4 is 21.5 Å². The fourth-order valence-corrected chi connectivity index (χ4v) is 5.97. The monoisotopic (exact) mass is 806 g/mol. The van der Waals surface area contributed by atoms with Crippen LogP contribution >= 0.6 is 0 Å². The lowest BCUT2D eigenvalue weighted by Crippen LogP contribution is -2.18. The molecule has 0 aliphatic heterocycles. The number of nitrogens with one attached hydrogen (secondary N) is 2. The first-order valence-corrected chi connectivity index (χ1v) is 19.3. The third-order valence-electron chi connectivity index (χ3n) is 9.04. The van der Waals surface area contributed by atoms with Crippen LogP contribution in [0.4, 0.5) is 11.6 Å². The molecule has 0 unspecified atom stereocenters. The summed E-state index contributed by atoms with van der Waals surface area (Å²) < 4.78 is 14.7. The van der Waals surface area contributed by atoms with Crippen molar-refractivity contribution in [1.29, 1.82) is 0 Å². The number of aliphatic hydroxyl groups is 1. The van der Waals surface area contributed by atoms with E-state index in [-0.39, 0.29) is 28.5 Å². The van der Waals surface area contributed by atoms with E-state index in [1.165, 1.54) is 23.3 Å². The first-order valence-electron chi connectivity index (χ1n) is 19.3. The Morgan fingerprint density at radius 2 is 0.917 bits per heavy atom. The second-order valence-corrected chi connectivity index (χ2v) is 14.7. The van der Waals surface area contributed by atoms with Crippen LogP contribution in [0.2, 0.25) is 0 Å². The van der Waals surface area contributed by atoms with Gasteiger partial charge in [-0.05, 0) is 88.1 Å². The minimum absolute atomic E-state index is 0.0359. The van der Waals surface area contributed by atoms with Gasteiger partial charge in [-0.3, -0.25) is 19.2 Å². The average Bonchev–Trinajstić information content (AvgIpc) is 3.84. The van der Waals surface area contributed by atoms with Crippen molar-refractivity contribution in [3.05, 3.63) is 187 Å². The number of rotatable bonds is 8. The molecule has 4 heterocycles. The highest BCUT2D eigenvalue weighted by molar-refractivity contribution is 6.03. The van der Waals surface area contributed by atoms with E-state index in [2.05, 4.69) is 20.8 Å². The molecule has 0 radical (unpaired) electrons. The van der Waals surface area contributed by atoms with E-state index in [0.717, 1.165) is 22.3 Å². The van der Waals surface area contributed by atoms with Crippen molar-refractivity contribution < 1.29 is 23.5 Å². The van der Waals surface area contributed by atoms with Crippen molar-refractivity contribution >= 4 is 45.4 Å². The van der Waals surface area contributed by atoms with E-state index in [9.17, 15) is 19.2 Å². The minimum Gasteiger partial charge on any atom is -0.451 e. The smallest absolute Gasteiger partial charge is 0.292 e. The van der Waals surface area contributed by atoms with Gasteiger partial charge in [-0.15, -0.1) is 0 Å². The van der Waals surface area contributed by atoms with Crippen LogP contribution in [0.1, 0.15) is 68.3 Å². The molecule has 0 fully saturated rings. The SMILES string of the molecule is CC(C)O.Cc1ccc(Cn2nccc2NC(=O)c2cc(=O)c3ccc(C)cc3o2)cc1.Cc1ccc(Cn2nccc2NC(=O)c2cc(=O)c3ccc(C)cc3o2)cc1. The summed E-state index contributed by atoms with van der Waals surface area (Å²) in [6.07, 6.45) is 3.06. The molecule has 8 aromatic rings. The molecule has 3 N–H and O–H groups in total. The second-order valence-electron chi connectivity index (χ2n) is 14.7. The molecule has 0 aliphatic rings. The van der Waals surface area contributed by atoms with E-state index in [1.807, 2.05) is 88.4 Å². The molecule has 0 aliphatic carbocycles. The van der Waals surface area contributed by atoms with Crippen molar-refractivity contribution in [2.75, 3.05) is 10.6 Å². The Morgan fingerprint density at radius 1 is 0.567 bits per heavy atom. The predicted octanol–water partition coefficient (Wildman–Crippen LogP) is 8.20.